The Morgan fingerprint density at radius 2 is 1.12 bits per heavy atom. The maximum absolute atomic E-state index is 13.7. The zero-order valence-corrected chi connectivity index (χ0v) is 26.7. The van der Waals surface area contributed by atoms with Crippen LogP contribution in [0.1, 0.15) is 31.8 Å². The maximum atomic E-state index is 13.7. The molecule has 0 saturated carbocycles. The summed E-state index contributed by atoms with van der Waals surface area (Å²) in [6.07, 6.45) is -5.21. The maximum Gasteiger partial charge on any atom is 0.458 e. The van der Waals surface area contributed by atoms with Crippen molar-refractivity contribution in [2.24, 2.45) is 14.1 Å². The van der Waals surface area contributed by atoms with Crippen LogP contribution in [0.5, 0.6) is 0 Å². The lowest BCUT2D eigenvalue weighted by Gasteiger charge is -2.20. The van der Waals surface area contributed by atoms with Crippen molar-refractivity contribution in [3.8, 4) is 22.8 Å². The predicted octanol–water partition coefficient (Wildman–Crippen LogP) is 8.18. The number of aromatic nitrogens is 6. The van der Waals surface area contributed by atoms with Gasteiger partial charge in [-0.25, -0.2) is 24.7 Å². The Morgan fingerprint density at radius 1 is 0.673 bits per heavy atom. The molecule has 2 aromatic carbocycles. The number of hydrogen-bond donors (Lipinski definition) is 0. The third-order valence-electron chi connectivity index (χ3n) is 7.78. The molecule has 6 rings (SSSR count). The van der Waals surface area contributed by atoms with Gasteiger partial charge in [0, 0.05) is 41.6 Å². The van der Waals surface area contributed by atoms with E-state index in [2.05, 4.69) is 24.7 Å². The molecular formula is C33H22F10N6O3. The molecule has 0 N–H and O–H groups in total. The molecule has 6 aromatic rings. The van der Waals surface area contributed by atoms with Crippen molar-refractivity contribution in [3.63, 3.8) is 0 Å². The highest BCUT2D eigenvalue weighted by Crippen LogP contribution is 2.46. The fourth-order valence-corrected chi connectivity index (χ4v) is 5.05. The molecule has 52 heavy (non-hydrogen) atoms. The third kappa shape index (κ3) is 6.76. The molecule has 0 bridgehead atoms. The molecule has 0 saturated heterocycles. The first-order valence-electron chi connectivity index (χ1n) is 14.5. The number of halogens is 10. The Bertz CT molecular complexity index is 2310. The number of hydrogen-bond acceptors (Lipinski definition) is 7. The molecule has 0 aliphatic heterocycles. The molecule has 0 amide bonds. The fourth-order valence-electron chi connectivity index (χ4n) is 5.05. The summed E-state index contributed by atoms with van der Waals surface area (Å²) in [5, 5.41) is 0.275. The molecule has 19 heteroatoms. The number of rotatable bonds is 6. The van der Waals surface area contributed by atoms with Crippen LogP contribution in [0, 0.1) is 0 Å². The lowest BCUT2D eigenvalue weighted by Crippen LogP contribution is -2.33. The largest absolute Gasteiger partial charge is 0.465 e. The van der Waals surface area contributed by atoms with Gasteiger partial charge in [-0.15, -0.1) is 0 Å². The second-order valence-electron chi connectivity index (χ2n) is 11.1. The minimum Gasteiger partial charge on any atom is -0.465 e. The molecule has 4 heterocycles. The number of carbonyl (C=O) groups is 2. The van der Waals surface area contributed by atoms with Gasteiger partial charge >= 0.3 is 30.2 Å². The van der Waals surface area contributed by atoms with Crippen LogP contribution in [0.2, 0.25) is 0 Å². The van der Waals surface area contributed by atoms with Gasteiger partial charge in [0.15, 0.2) is 6.29 Å². The fraction of sp³-hybridized carbons (Fsp3) is 0.212. The van der Waals surface area contributed by atoms with Crippen molar-refractivity contribution in [3.05, 3.63) is 95.8 Å². The Kier molecular flexibility index (Phi) is 9.59. The van der Waals surface area contributed by atoms with E-state index >= 15 is 0 Å². The van der Waals surface area contributed by atoms with Gasteiger partial charge in [0.2, 0.25) is 0 Å². The first-order chi connectivity index (χ1) is 24.2. The van der Waals surface area contributed by atoms with E-state index < -0.39 is 41.3 Å². The summed E-state index contributed by atoms with van der Waals surface area (Å²) in [5.41, 5.74) is -1.39. The lowest BCUT2D eigenvalue weighted by molar-refractivity contribution is -0.289. The molecule has 272 valence electrons. The van der Waals surface area contributed by atoms with Gasteiger partial charge in [-0.3, -0.25) is 4.79 Å². The van der Waals surface area contributed by atoms with Crippen LogP contribution in [0.4, 0.5) is 43.9 Å². The molecular weight excluding hydrogens is 718 g/mol. The zero-order valence-electron chi connectivity index (χ0n) is 26.7. The van der Waals surface area contributed by atoms with Crippen LogP contribution in [0.25, 0.3) is 44.6 Å². The topological polar surface area (TPSA) is 105 Å². The standard InChI is InChI=1S/C17H12F5N3O2.C16H10F5N3O/c1-25-8-23-7-14(25)13-6-11(15(26)27-2)10-4-3-9(5-12(10)24-13)16(18,19)17(20,21)22;1-24-8-22-6-14(24)13-4-9(7-25)11-3-2-10(5-12(11)23-13)15(17,18)16(19,20)21/h3-8H,1-2H3;2-8H,1H3. The highest BCUT2D eigenvalue weighted by atomic mass is 19.4. The number of nitrogens with zero attached hydrogens (tertiary/aromatic N) is 6. The minimum absolute atomic E-state index is 0.0134. The Hall–Kier alpha value is -5.88. The number of esters is 1. The van der Waals surface area contributed by atoms with Gasteiger partial charge < -0.3 is 13.9 Å². The van der Waals surface area contributed by atoms with E-state index in [9.17, 15) is 53.5 Å². The molecule has 0 atom stereocenters. The van der Waals surface area contributed by atoms with Crippen molar-refractivity contribution in [1.82, 2.24) is 29.1 Å². The highest BCUT2D eigenvalue weighted by Gasteiger charge is 2.59. The number of aryl methyl sites for hydroxylation is 2. The first kappa shape index (κ1) is 37.4. The zero-order chi connectivity index (χ0) is 38.4. The number of imidazole rings is 2. The van der Waals surface area contributed by atoms with Crippen molar-refractivity contribution < 1.29 is 58.2 Å². The summed E-state index contributed by atoms with van der Waals surface area (Å²) < 4.78 is 138. The molecule has 0 radical (unpaired) electrons. The molecule has 0 unspecified atom stereocenters. The van der Waals surface area contributed by atoms with Crippen LogP contribution in [-0.2, 0) is 30.7 Å². The van der Waals surface area contributed by atoms with Crippen LogP contribution in [0.3, 0.4) is 0 Å². The number of pyridine rings is 2. The molecule has 0 fully saturated rings. The molecule has 0 spiro atoms. The van der Waals surface area contributed by atoms with E-state index in [0.29, 0.717) is 41.9 Å². The Balaban J connectivity index is 0.000000202. The SMILES string of the molecule is COC(=O)c1cc(-c2cncn2C)nc2cc(C(F)(F)C(F)(F)F)ccc12.Cn1cncc1-c1cc(C=O)c2ccc(C(F)(F)C(F)(F)F)cc2n1. The van der Waals surface area contributed by atoms with Gasteiger partial charge in [-0.2, -0.15) is 43.9 Å². The van der Waals surface area contributed by atoms with E-state index in [0.717, 1.165) is 19.2 Å². The summed E-state index contributed by atoms with van der Waals surface area (Å²) >= 11 is 0. The average Bonchev–Trinajstić information content (AvgIpc) is 3.73. The van der Waals surface area contributed by atoms with Crippen LogP contribution < -0.4 is 0 Å². The van der Waals surface area contributed by atoms with E-state index in [-0.39, 0.29) is 44.3 Å². The van der Waals surface area contributed by atoms with E-state index in [4.69, 9.17) is 0 Å². The predicted molar refractivity (Wildman–Crippen MR) is 165 cm³/mol. The number of benzene rings is 2. The van der Waals surface area contributed by atoms with Gasteiger partial charge in [-0.1, -0.05) is 24.3 Å². The van der Waals surface area contributed by atoms with Crippen molar-refractivity contribution in [1.29, 1.82) is 0 Å². The van der Waals surface area contributed by atoms with Crippen LogP contribution in [0.15, 0.2) is 73.6 Å². The van der Waals surface area contributed by atoms with Crippen LogP contribution in [-0.4, -0.2) is 60.8 Å². The number of carbonyl (C=O) groups excluding carboxylic acids is 2. The van der Waals surface area contributed by atoms with E-state index in [1.165, 1.54) is 37.2 Å². The van der Waals surface area contributed by atoms with Gasteiger partial charge in [0.1, 0.15) is 0 Å². The average molecular weight is 741 g/mol. The van der Waals surface area contributed by atoms with E-state index in [1.807, 2.05) is 0 Å². The number of ether oxygens (including phenoxy) is 1. The summed E-state index contributed by atoms with van der Waals surface area (Å²) in [5.74, 6) is -10.9. The molecule has 4 aromatic heterocycles. The van der Waals surface area contributed by atoms with Gasteiger partial charge in [0.25, 0.3) is 0 Å². The minimum atomic E-state index is -5.76. The second kappa shape index (κ2) is 13.3. The Morgan fingerprint density at radius 3 is 1.52 bits per heavy atom. The summed E-state index contributed by atoms with van der Waals surface area (Å²) in [6.45, 7) is 0. The number of methoxy groups -OCH3 is 1. The third-order valence-corrected chi connectivity index (χ3v) is 7.78. The highest BCUT2D eigenvalue weighted by molar-refractivity contribution is 6.04. The number of aldehydes is 1. The quantitative estimate of drug-likeness (QED) is 0.0964. The monoisotopic (exact) mass is 740 g/mol. The number of alkyl halides is 10. The Labute approximate surface area is 285 Å². The smallest absolute Gasteiger partial charge is 0.458 e. The van der Waals surface area contributed by atoms with Crippen molar-refractivity contribution in [2.45, 2.75) is 24.2 Å². The second-order valence-corrected chi connectivity index (χ2v) is 11.1. The summed E-state index contributed by atoms with van der Waals surface area (Å²) in [6, 6.07) is 7.36. The van der Waals surface area contributed by atoms with E-state index in [1.54, 1.807) is 23.2 Å². The summed E-state index contributed by atoms with van der Waals surface area (Å²) in [7, 11) is 4.42. The number of fused-ring (bicyclic) bond motifs is 2. The van der Waals surface area contributed by atoms with Crippen molar-refractivity contribution in [2.75, 3.05) is 7.11 Å². The first-order valence-corrected chi connectivity index (χ1v) is 14.5. The molecule has 0 aliphatic rings. The summed E-state index contributed by atoms with van der Waals surface area (Å²) in [4.78, 5) is 39.4. The van der Waals surface area contributed by atoms with Gasteiger partial charge in [0.05, 0.1) is 71.5 Å². The van der Waals surface area contributed by atoms with Crippen LogP contribution >= 0.6 is 0 Å². The van der Waals surface area contributed by atoms with Crippen molar-refractivity contribution >= 4 is 34.1 Å². The lowest BCUT2D eigenvalue weighted by atomic mass is 10.0. The molecule has 0 aliphatic carbocycles. The normalized spacial score (nSPS) is 12.5. The van der Waals surface area contributed by atoms with Gasteiger partial charge in [-0.05, 0) is 24.3 Å². The molecule has 9 nitrogen and oxygen atoms in total.